The topological polar surface area (TPSA) is 184 Å². The number of hydrogen-bond donors (Lipinski definition) is 3. The molecule has 0 saturated carbocycles. The Kier molecular flexibility index (Phi) is 13.7. The lowest BCUT2D eigenvalue weighted by Crippen LogP contribution is -2.39. The summed E-state index contributed by atoms with van der Waals surface area (Å²) < 4.78 is 87.8. The number of rotatable bonds is 16. The van der Waals surface area contributed by atoms with E-state index in [0.29, 0.717) is 86.9 Å². The van der Waals surface area contributed by atoms with Crippen molar-refractivity contribution in [3.63, 3.8) is 0 Å². The first-order valence-electron chi connectivity index (χ1n) is 20.5. The molecule has 65 heavy (non-hydrogen) atoms. The minimum Gasteiger partial charge on any atom is -0.380 e. The lowest BCUT2D eigenvalue weighted by molar-refractivity contribution is 0.0370. The van der Waals surface area contributed by atoms with Crippen LogP contribution in [0.1, 0.15) is 38.4 Å². The molecule has 1 atom stereocenters. The largest absolute Gasteiger partial charge is 0.427 e. The van der Waals surface area contributed by atoms with Crippen molar-refractivity contribution < 1.29 is 39.9 Å². The maximum atomic E-state index is 14.7. The smallest absolute Gasteiger partial charge is 0.380 e. The first kappa shape index (κ1) is 45.9. The van der Waals surface area contributed by atoms with Gasteiger partial charge in [0.25, 0.3) is 31.7 Å². The molecule has 1 saturated heterocycles. The molecule has 15 nitrogen and oxygen atoms in total. The van der Waals surface area contributed by atoms with E-state index < -0.39 is 46.3 Å². The van der Waals surface area contributed by atoms with Crippen LogP contribution in [0.25, 0.3) is 5.65 Å². The maximum Gasteiger partial charge on any atom is 0.427 e. The first-order valence-corrected chi connectivity index (χ1v) is 24.8. The highest BCUT2D eigenvalue weighted by atomic mass is 35.5. The summed E-state index contributed by atoms with van der Waals surface area (Å²) in [5, 5.41) is 5.94. The van der Waals surface area contributed by atoms with Crippen molar-refractivity contribution in [3.8, 4) is 0 Å². The normalized spacial score (nSPS) is 15.3. The van der Waals surface area contributed by atoms with Gasteiger partial charge < -0.3 is 24.7 Å². The Balaban J connectivity index is 1.000. The van der Waals surface area contributed by atoms with Crippen molar-refractivity contribution in [1.29, 1.82) is 0 Å². The van der Waals surface area contributed by atoms with Gasteiger partial charge in [0.1, 0.15) is 17.2 Å². The number of carbonyl (C=O) groups excluding carboxylic acids is 2. The highest BCUT2D eigenvalue weighted by Crippen LogP contribution is 2.38. The van der Waals surface area contributed by atoms with Crippen molar-refractivity contribution in [2.24, 2.45) is 0 Å². The van der Waals surface area contributed by atoms with Gasteiger partial charge in [0.15, 0.2) is 5.82 Å². The van der Waals surface area contributed by atoms with Crippen LogP contribution in [0.15, 0.2) is 130 Å². The molecule has 3 aromatic carbocycles. The summed E-state index contributed by atoms with van der Waals surface area (Å²) in [7, 11) is -10.6. The molecule has 8 rings (SSSR count). The highest BCUT2D eigenvalue weighted by Gasteiger charge is 2.46. The molecular weight excluding hydrogens is 922 g/mol. The van der Waals surface area contributed by atoms with Gasteiger partial charge in [-0.1, -0.05) is 42.5 Å². The number of sulfone groups is 1. The number of nitrogens with one attached hydrogen (secondary N) is 3. The molecule has 3 N–H and O–H groups in total. The van der Waals surface area contributed by atoms with Gasteiger partial charge in [-0.15, -0.1) is 11.8 Å². The fourth-order valence-electron chi connectivity index (χ4n) is 7.56. The second-order valence-electron chi connectivity index (χ2n) is 15.3. The molecule has 2 aliphatic rings. The predicted molar refractivity (Wildman–Crippen MR) is 244 cm³/mol. The van der Waals surface area contributed by atoms with Gasteiger partial charge in [-0.2, -0.15) is 8.78 Å². The Hall–Kier alpha value is -5.64. The van der Waals surface area contributed by atoms with Gasteiger partial charge in [-0.05, 0) is 96.2 Å². The summed E-state index contributed by atoms with van der Waals surface area (Å²) in [5.74, 6) is -0.428. The maximum absolute atomic E-state index is 14.7. The molecule has 21 heteroatoms. The number of imidazole rings is 1. The number of aromatic nitrogens is 3. The molecule has 0 unspecified atom stereocenters. The number of fused-ring (bicyclic) bond motifs is 2. The Morgan fingerprint density at radius 1 is 0.877 bits per heavy atom. The van der Waals surface area contributed by atoms with Crippen LogP contribution in [0.4, 0.5) is 26.1 Å². The third kappa shape index (κ3) is 10.7. The molecule has 2 aliphatic heterocycles. The van der Waals surface area contributed by atoms with Crippen LogP contribution in [0.3, 0.4) is 0 Å². The lowest BCUT2D eigenvalue weighted by Gasteiger charge is -2.31. The Labute approximate surface area is 383 Å². The number of amides is 2. The second kappa shape index (κ2) is 19.4. The highest BCUT2D eigenvalue weighted by molar-refractivity contribution is 7.99. The monoisotopic (exact) mass is 964 g/mol. The van der Waals surface area contributed by atoms with Crippen LogP contribution in [-0.4, -0.2) is 104 Å². The summed E-state index contributed by atoms with van der Waals surface area (Å²) in [6.45, 7) is 3.78. The van der Waals surface area contributed by atoms with Crippen LogP contribution in [-0.2, 0) is 37.6 Å². The molecule has 0 bridgehead atoms. The van der Waals surface area contributed by atoms with Crippen molar-refractivity contribution >= 4 is 78.0 Å². The second-order valence-corrected chi connectivity index (χ2v) is 20.7. The van der Waals surface area contributed by atoms with Gasteiger partial charge in [-0.3, -0.25) is 14.5 Å². The fourth-order valence-corrected chi connectivity index (χ4v) is 10.8. The van der Waals surface area contributed by atoms with E-state index in [4.69, 9.17) is 16.3 Å². The van der Waals surface area contributed by atoms with E-state index in [9.17, 15) is 35.2 Å². The molecule has 2 amide bonds. The number of benzene rings is 3. The third-order valence-electron chi connectivity index (χ3n) is 11.0. The van der Waals surface area contributed by atoms with E-state index in [0.717, 1.165) is 28.2 Å². The summed E-state index contributed by atoms with van der Waals surface area (Å²) in [6, 6.07) is 27.0. The van der Waals surface area contributed by atoms with E-state index in [1.54, 1.807) is 28.8 Å². The van der Waals surface area contributed by atoms with Gasteiger partial charge >= 0.3 is 4.71 Å². The number of thioether (sulfide) groups is 1. The number of sulfonamides is 1. The van der Waals surface area contributed by atoms with Gasteiger partial charge in [0.05, 0.1) is 34.9 Å². The molecule has 6 aromatic rings. The van der Waals surface area contributed by atoms with Crippen LogP contribution in [0, 0.1) is 0 Å². The van der Waals surface area contributed by atoms with Crippen LogP contribution in [0.2, 0.25) is 0 Å². The van der Waals surface area contributed by atoms with E-state index in [2.05, 4.69) is 25.5 Å². The molecule has 0 radical (unpaired) electrons. The van der Waals surface area contributed by atoms with Crippen LogP contribution >= 0.6 is 23.4 Å². The van der Waals surface area contributed by atoms with Gasteiger partial charge in [0, 0.05) is 61.2 Å². The Bertz CT molecular complexity index is 2900. The van der Waals surface area contributed by atoms with E-state index >= 15 is 0 Å². The summed E-state index contributed by atoms with van der Waals surface area (Å²) in [6.07, 6.45) is 4.54. The Morgan fingerprint density at radius 2 is 1.65 bits per heavy atom. The van der Waals surface area contributed by atoms with Crippen molar-refractivity contribution in [2.45, 2.75) is 44.8 Å². The molecule has 340 valence electrons. The summed E-state index contributed by atoms with van der Waals surface area (Å²) >= 11 is 6.63. The molecular formula is C44H43ClF2N8O7S3. The number of halogens is 3. The number of hydrogen-bond acceptors (Lipinski definition) is 13. The van der Waals surface area contributed by atoms with Crippen LogP contribution < -0.4 is 20.3 Å². The zero-order chi connectivity index (χ0) is 45.8. The summed E-state index contributed by atoms with van der Waals surface area (Å²) in [5.41, 5.74) is 2.20. The molecule has 5 heterocycles. The fraction of sp³-hybridized carbons (Fsp3) is 0.273. The third-order valence-corrected chi connectivity index (χ3v) is 15.6. The van der Waals surface area contributed by atoms with E-state index in [1.165, 1.54) is 23.9 Å². The van der Waals surface area contributed by atoms with Crippen LogP contribution in [0.5, 0.6) is 0 Å². The molecule has 0 spiro atoms. The van der Waals surface area contributed by atoms with E-state index in [-0.39, 0.29) is 23.8 Å². The minimum atomic E-state index is -5.68. The predicted octanol–water partition coefficient (Wildman–Crippen LogP) is 6.52. The zero-order valence-corrected chi connectivity index (χ0v) is 37.8. The van der Waals surface area contributed by atoms with Crippen molar-refractivity contribution in [1.82, 2.24) is 24.0 Å². The number of pyridine rings is 2. The number of nitrogens with zero attached hydrogens (tertiary/aromatic N) is 5. The number of morpholine rings is 1. The van der Waals surface area contributed by atoms with E-state index in [1.807, 2.05) is 70.4 Å². The molecule has 0 aliphatic carbocycles. The summed E-state index contributed by atoms with van der Waals surface area (Å²) in [4.78, 5) is 39.1. The number of carbonyl (C=O) groups is 2. The van der Waals surface area contributed by atoms with Gasteiger partial charge in [-0.25, -0.2) is 31.5 Å². The average molecular weight is 966 g/mol. The number of ether oxygens (including phenoxy) is 1. The lowest BCUT2D eigenvalue weighted by atomic mass is 9.94. The average Bonchev–Trinajstić information content (AvgIpc) is 3.72. The first-order chi connectivity index (χ1) is 31.1. The van der Waals surface area contributed by atoms with Gasteiger partial charge in [0.2, 0.25) is 0 Å². The standard InChI is InChI=1S/C44H43ClF2N8O7S3/c45-44(46,47)64(58,59)38-26-33(15-16-36(38)48-31(18-20-53-22-24-62-25-23-53)29-63-32-9-2-1-3-10-32)65(60,61)52-43(57)37-12-7-14-40(49-37)55-21-17-30-8-6-11-34(35(30)27-55)42(56)51-39-28-54-19-5-4-13-41(54)50-39/h1-16,19,26,28,31,48H,17-18,20-25,27,29H2,(H,51,56)(H,52,57)/t31-/m1/s1. The number of anilines is 3. The van der Waals surface area contributed by atoms with Crippen molar-refractivity contribution in [2.75, 3.05) is 60.7 Å². The quantitative estimate of drug-likeness (QED) is 0.0705. The van der Waals surface area contributed by atoms with Crippen molar-refractivity contribution in [3.05, 3.63) is 138 Å². The Morgan fingerprint density at radius 3 is 2.42 bits per heavy atom. The SMILES string of the molecule is O=C(NS(=O)(=O)c1ccc(N[C@H](CCN2CCOCC2)CSc2ccccc2)c(S(=O)(=O)C(F)(F)Cl)c1)c1cccc(N2CCc3cccc(C(=O)Nc4cn5ccccc5n4)c3C2)n1. The molecule has 1 fully saturated rings. The minimum absolute atomic E-state index is 0.238. The number of alkyl halides is 3. The zero-order valence-electron chi connectivity index (χ0n) is 34.6. The molecule has 3 aromatic heterocycles.